The van der Waals surface area contributed by atoms with Crippen LogP contribution in [0.3, 0.4) is 0 Å². The van der Waals surface area contributed by atoms with E-state index in [2.05, 4.69) is 5.10 Å². The summed E-state index contributed by atoms with van der Waals surface area (Å²) in [5.41, 5.74) is -0.767. The third-order valence-electron chi connectivity index (χ3n) is 2.20. The van der Waals surface area contributed by atoms with E-state index in [4.69, 9.17) is 5.11 Å². The number of carboxylic acids is 1. The molecule has 0 radical (unpaired) electrons. The van der Waals surface area contributed by atoms with Crippen molar-refractivity contribution in [3.8, 4) is 5.69 Å². The number of hydrogen-bond acceptors (Lipinski definition) is 4. The summed E-state index contributed by atoms with van der Waals surface area (Å²) in [6, 6.07) is 4.09. The largest absolute Gasteiger partial charge is 0.476 e. The molecular formula is C10H6FN3O4. The van der Waals surface area contributed by atoms with Crippen molar-refractivity contribution in [2.45, 2.75) is 0 Å². The second-order valence-corrected chi connectivity index (χ2v) is 3.34. The fraction of sp³-hybridized carbons (Fsp3) is 0. The number of benzene rings is 1. The molecule has 0 amide bonds. The van der Waals surface area contributed by atoms with E-state index in [-0.39, 0.29) is 17.1 Å². The van der Waals surface area contributed by atoms with E-state index < -0.39 is 16.7 Å². The first-order chi connectivity index (χ1) is 8.49. The first-order valence-corrected chi connectivity index (χ1v) is 4.72. The number of halogens is 1. The van der Waals surface area contributed by atoms with E-state index in [1.165, 1.54) is 12.3 Å². The van der Waals surface area contributed by atoms with Crippen LogP contribution in [0.5, 0.6) is 0 Å². The summed E-state index contributed by atoms with van der Waals surface area (Å²) in [7, 11) is 0. The molecule has 92 valence electrons. The minimum absolute atomic E-state index is 0.184. The molecule has 0 saturated heterocycles. The molecule has 2 rings (SSSR count). The minimum atomic E-state index is -1.26. The van der Waals surface area contributed by atoms with Crippen molar-refractivity contribution < 1.29 is 19.2 Å². The molecule has 2 aromatic rings. The Bertz CT molecular complexity index is 638. The maximum Gasteiger partial charge on any atom is 0.356 e. The molecule has 0 atom stereocenters. The van der Waals surface area contributed by atoms with Crippen molar-refractivity contribution in [3.05, 3.63) is 52.1 Å². The molecule has 0 unspecified atom stereocenters. The average molecular weight is 251 g/mol. The van der Waals surface area contributed by atoms with Crippen LogP contribution < -0.4 is 0 Å². The molecule has 0 spiro atoms. The van der Waals surface area contributed by atoms with E-state index in [0.717, 1.165) is 22.9 Å². The van der Waals surface area contributed by atoms with Crippen molar-refractivity contribution in [1.82, 2.24) is 9.78 Å². The lowest BCUT2D eigenvalue weighted by Gasteiger charge is -2.02. The Kier molecular flexibility index (Phi) is 2.76. The van der Waals surface area contributed by atoms with Gasteiger partial charge in [0.25, 0.3) is 5.69 Å². The predicted molar refractivity (Wildman–Crippen MR) is 57.1 cm³/mol. The van der Waals surface area contributed by atoms with Crippen LogP contribution in [0.2, 0.25) is 0 Å². The highest BCUT2D eigenvalue weighted by Gasteiger charge is 2.14. The maximum atomic E-state index is 13.5. The Balaban J connectivity index is 2.51. The topological polar surface area (TPSA) is 98.3 Å². The van der Waals surface area contributed by atoms with Crippen molar-refractivity contribution >= 4 is 11.7 Å². The van der Waals surface area contributed by atoms with E-state index >= 15 is 0 Å². The highest BCUT2D eigenvalue weighted by Crippen LogP contribution is 2.20. The van der Waals surface area contributed by atoms with Gasteiger partial charge in [-0.25, -0.2) is 13.9 Å². The number of hydrogen-bond donors (Lipinski definition) is 1. The molecular weight excluding hydrogens is 245 g/mol. The third-order valence-corrected chi connectivity index (χ3v) is 2.20. The summed E-state index contributed by atoms with van der Waals surface area (Å²) < 4.78 is 14.4. The average Bonchev–Trinajstić information content (AvgIpc) is 2.78. The quantitative estimate of drug-likeness (QED) is 0.660. The van der Waals surface area contributed by atoms with Gasteiger partial charge in [-0.15, -0.1) is 0 Å². The fourth-order valence-corrected chi connectivity index (χ4v) is 1.36. The zero-order valence-corrected chi connectivity index (χ0v) is 8.78. The zero-order chi connectivity index (χ0) is 13.3. The molecule has 1 aromatic heterocycles. The number of carboxylic acid groups (broad SMARTS) is 1. The van der Waals surface area contributed by atoms with Crippen molar-refractivity contribution in [2.24, 2.45) is 0 Å². The van der Waals surface area contributed by atoms with Gasteiger partial charge in [0.2, 0.25) is 0 Å². The second kappa shape index (κ2) is 4.24. The molecule has 0 bridgehead atoms. The van der Waals surface area contributed by atoms with Gasteiger partial charge < -0.3 is 5.11 Å². The summed E-state index contributed by atoms with van der Waals surface area (Å²) in [4.78, 5) is 20.5. The molecule has 18 heavy (non-hydrogen) atoms. The van der Waals surface area contributed by atoms with Crippen LogP contribution in [-0.4, -0.2) is 25.8 Å². The lowest BCUT2D eigenvalue weighted by atomic mass is 10.2. The first-order valence-electron chi connectivity index (χ1n) is 4.72. The Labute approximate surface area is 99.2 Å². The highest BCUT2D eigenvalue weighted by molar-refractivity contribution is 5.85. The number of carbonyl (C=O) groups is 1. The number of non-ortho nitro benzene ring substituents is 1. The number of rotatable bonds is 3. The van der Waals surface area contributed by atoms with Crippen LogP contribution in [0.1, 0.15) is 10.5 Å². The van der Waals surface area contributed by atoms with Gasteiger partial charge in [0.05, 0.1) is 4.92 Å². The zero-order valence-electron chi connectivity index (χ0n) is 8.78. The normalized spacial score (nSPS) is 10.3. The molecule has 1 aromatic carbocycles. The van der Waals surface area contributed by atoms with E-state index in [1.807, 2.05) is 0 Å². The van der Waals surface area contributed by atoms with Crippen LogP contribution in [0.25, 0.3) is 5.69 Å². The van der Waals surface area contributed by atoms with E-state index in [1.54, 1.807) is 0 Å². The molecule has 8 heteroatoms. The van der Waals surface area contributed by atoms with Gasteiger partial charge in [-0.1, -0.05) is 0 Å². The van der Waals surface area contributed by atoms with Gasteiger partial charge in [0.15, 0.2) is 5.69 Å². The Morgan fingerprint density at radius 3 is 2.72 bits per heavy atom. The van der Waals surface area contributed by atoms with Crippen LogP contribution in [0, 0.1) is 15.9 Å². The number of aromatic carboxylic acids is 1. The Hall–Kier alpha value is -2.77. The molecule has 0 saturated carbocycles. The smallest absolute Gasteiger partial charge is 0.356 e. The number of nitro groups is 1. The van der Waals surface area contributed by atoms with Crippen molar-refractivity contribution in [2.75, 3.05) is 0 Å². The third kappa shape index (κ3) is 2.03. The van der Waals surface area contributed by atoms with Crippen molar-refractivity contribution in [3.63, 3.8) is 0 Å². The molecule has 1 heterocycles. The van der Waals surface area contributed by atoms with Gasteiger partial charge in [0.1, 0.15) is 11.5 Å². The summed E-state index contributed by atoms with van der Waals surface area (Å²) >= 11 is 0. The summed E-state index contributed by atoms with van der Waals surface area (Å²) in [6.45, 7) is 0. The number of aromatic nitrogens is 2. The second-order valence-electron chi connectivity index (χ2n) is 3.34. The van der Waals surface area contributed by atoms with Gasteiger partial charge in [-0.3, -0.25) is 10.1 Å². The molecule has 7 nitrogen and oxygen atoms in total. The monoisotopic (exact) mass is 251 g/mol. The standard InChI is InChI=1S/C10H6FN3O4/c11-7-2-1-6(14(17)18)5-9(7)13-4-3-8(12-13)10(15)16/h1-5H,(H,15,16). The van der Waals surface area contributed by atoms with Gasteiger partial charge in [0, 0.05) is 18.3 Å². The van der Waals surface area contributed by atoms with Gasteiger partial charge in [-0.2, -0.15) is 5.10 Å². The SMILES string of the molecule is O=C(O)c1ccn(-c2cc([N+](=O)[O-])ccc2F)n1. The van der Waals surface area contributed by atoms with Gasteiger partial charge >= 0.3 is 5.97 Å². The molecule has 0 aliphatic heterocycles. The van der Waals surface area contributed by atoms with Crippen LogP contribution >= 0.6 is 0 Å². The summed E-state index contributed by atoms with van der Waals surface area (Å²) in [6.07, 6.45) is 1.21. The van der Waals surface area contributed by atoms with E-state index in [0.29, 0.717) is 0 Å². The lowest BCUT2D eigenvalue weighted by molar-refractivity contribution is -0.384. The van der Waals surface area contributed by atoms with Crippen LogP contribution in [0.4, 0.5) is 10.1 Å². The lowest BCUT2D eigenvalue weighted by Crippen LogP contribution is -2.03. The van der Waals surface area contributed by atoms with Crippen LogP contribution in [0.15, 0.2) is 30.5 Å². The van der Waals surface area contributed by atoms with Gasteiger partial charge in [-0.05, 0) is 12.1 Å². The van der Waals surface area contributed by atoms with Crippen LogP contribution in [-0.2, 0) is 0 Å². The predicted octanol–water partition coefficient (Wildman–Crippen LogP) is 1.62. The number of nitro benzene ring substituents is 1. The first kappa shape index (κ1) is 11.7. The van der Waals surface area contributed by atoms with Crippen molar-refractivity contribution in [1.29, 1.82) is 0 Å². The Morgan fingerprint density at radius 1 is 1.44 bits per heavy atom. The minimum Gasteiger partial charge on any atom is -0.476 e. The molecule has 1 N–H and O–H groups in total. The molecule has 0 fully saturated rings. The maximum absolute atomic E-state index is 13.5. The summed E-state index contributed by atoms with van der Waals surface area (Å²) in [5, 5.41) is 22.8. The fourth-order valence-electron chi connectivity index (χ4n) is 1.36. The highest BCUT2D eigenvalue weighted by atomic mass is 19.1. The summed E-state index contributed by atoms with van der Waals surface area (Å²) in [5.74, 6) is -2.00. The Morgan fingerprint density at radius 2 is 2.17 bits per heavy atom. The molecule has 0 aliphatic rings. The van der Waals surface area contributed by atoms with E-state index in [9.17, 15) is 19.3 Å². The molecule has 0 aliphatic carbocycles. The number of nitrogens with zero attached hydrogens (tertiary/aromatic N) is 3.